The van der Waals surface area contributed by atoms with Gasteiger partial charge in [0.05, 0.1) is 25.1 Å². The summed E-state index contributed by atoms with van der Waals surface area (Å²) in [6.07, 6.45) is 2.84. The molecule has 28 heavy (non-hydrogen) atoms. The van der Waals surface area contributed by atoms with Crippen molar-refractivity contribution in [3.8, 4) is 0 Å². The second-order valence-electron chi connectivity index (χ2n) is 6.28. The predicted octanol–water partition coefficient (Wildman–Crippen LogP) is 0.470. The number of hydrogen-bond donors (Lipinski definition) is 2. The number of nitrogens with one attached hydrogen (secondary N) is 1. The van der Waals surface area contributed by atoms with Crippen LogP contribution < -0.4 is 5.32 Å². The van der Waals surface area contributed by atoms with Crippen molar-refractivity contribution in [2.24, 2.45) is 0 Å². The lowest BCUT2D eigenvalue weighted by atomic mass is 10.2. The lowest BCUT2D eigenvalue weighted by Gasteiger charge is -2.27. The topological polar surface area (TPSA) is 132 Å². The number of ether oxygens (including phenoxy) is 1. The van der Waals surface area contributed by atoms with Gasteiger partial charge in [0.25, 0.3) is 11.8 Å². The Morgan fingerprint density at radius 3 is 2.68 bits per heavy atom. The zero-order valence-electron chi connectivity index (χ0n) is 15.7. The minimum absolute atomic E-state index is 0.0436. The maximum absolute atomic E-state index is 12.9. The monoisotopic (exact) mass is 390 g/mol. The van der Waals surface area contributed by atoms with Gasteiger partial charge in [0.15, 0.2) is 5.69 Å². The third-order valence-corrected chi connectivity index (χ3v) is 4.48. The minimum atomic E-state index is -1.06. The first-order valence-corrected chi connectivity index (χ1v) is 8.94. The first-order valence-electron chi connectivity index (χ1n) is 8.94. The van der Waals surface area contributed by atoms with E-state index in [0.29, 0.717) is 32.8 Å². The van der Waals surface area contributed by atoms with E-state index in [1.807, 2.05) is 6.92 Å². The highest BCUT2D eigenvalue weighted by Gasteiger charge is 2.26. The molecule has 11 nitrogen and oxygen atoms in total. The molecular weight excluding hydrogens is 368 g/mol. The number of anilines is 1. The van der Waals surface area contributed by atoms with Crippen LogP contribution in [-0.4, -0.2) is 73.7 Å². The number of aromatic nitrogens is 4. The first kappa shape index (κ1) is 19.5. The Morgan fingerprint density at radius 2 is 2.04 bits per heavy atom. The zero-order chi connectivity index (χ0) is 20.3. The normalized spacial score (nSPS) is 15.3. The number of hydrogen-bond acceptors (Lipinski definition) is 6. The van der Waals surface area contributed by atoms with E-state index in [4.69, 9.17) is 9.84 Å². The van der Waals surface area contributed by atoms with E-state index in [1.54, 1.807) is 4.90 Å². The highest BCUT2D eigenvalue weighted by atomic mass is 16.5. The van der Waals surface area contributed by atoms with Gasteiger partial charge in [-0.15, -0.1) is 0 Å². The number of carboxylic acid groups (broad SMARTS) is 1. The van der Waals surface area contributed by atoms with E-state index in [1.165, 1.54) is 34.7 Å². The van der Waals surface area contributed by atoms with Gasteiger partial charge < -0.3 is 20.1 Å². The van der Waals surface area contributed by atoms with Crippen LogP contribution in [0, 0.1) is 0 Å². The number of carbonyl (C=O) groups excluding carboxylic acids is 2. The molecule has 3 heterocycles. The van der Waals surface area contributed by atoms with Crippen LogP contribution in [0.3, 0.4) is 0 Å². The fourth-order valence-corrected chi connectivity index (χ4v) is 2.83. The summed E-state index contributed by atoms with van der Waals surface area (Å²) in [5.41, 5.74) is 0.613. The Hall–Kier alpha value is -3.21. The third kappa shape index (κ3) is 3.88. The second kappa shape index (κ2) is 8.21. The van der Waals surface area contributed by atoms with Crippen molar-refractivity contribution in [3.05, 3.63) is 29.8 Å². The lowest BCUT2D eigenvalue weighted by Crippen LogP contribution is -2.41. The van der Waals surface area contributed by atoms with Crippen molar-refractivity contribution >= 4 is 23.5 Å². The minimum Gasteiger partial charge on any atom is -0.480 e. The van der Waals surface area contributed by atoms with Gasteiger partial charge in [-0.05, 0) is 19.9 Å². The van der Waals surface area contributed by atoms with E-state index in [2.05, 4.69) is 15.5 Å². The molecule has 2 N–H and O–H groups in total. The standard InChI is InChI=1S/C17H22N6O5/c1-3-22-14(16(25)21-6-8-28-9-7-21)13(10-18-22)19-15(24)12-4-5-23(20-12)11(2)17(26)27/h4-5,10-11H,3,6-9H2,1-2H3,(H,19,24)(H,26,27). The molecule has 1 aliphatic rings. The van der Waals surface area contributed by atoms with Crippen LogP contribution in [0.4, 0.5) is 5.69 Å². The molecule has 0 radical (unpaired) electrons. The Kier molecular flexibility index (Phi) is 5.73. The van der Waals surface area contributed by atoms with Crippen molar-refractivity contribution in [1.82, 2.24) is 24.5 Å². The van der Waals surface area contributed by atoms with Crippen molar-refractivity contribution in [1.29, 1.82) is 0 Å². The lowest BCUT2D eigenvalue weighted by molar-refractivity contribution is -0.140. The van der Waals surface area contributed by atoms with E-state index in [9.17, 15) is 14.4 Å². The van der Waals surface area contributed by atoms with E-state index in [0.717, 1.165) is 0 Å². The molecule has 0 aliphatic carbocycles. The molecule has 1 atom stereocenters. The highest BCUT2D eigenvalue weighted by molar-refractivity contribution is 6.07. The summed E-state index contributed by atoms with van der Waals surface area (Å²) < 4.78 is 7.99. The first-order chi connectivity index (χ1) is 13.4. The highest BCUT2D eigenvalue weighted by Crippen LogP contribution is 2.19. The number of morpholine rings is 1. The molecular formula is C17H22N6O5. The maximum Gasteiger partial charge on any atom is 0.328 e. The molecule has 2 aromatic rings. The Balaban J connectivity index is 1.80. The van der Waals surface area contributed by atoms with Crippen LogP contribution in [0.5, 0.6) is 0 Å². The molecule has 3 rings (SSSR count). The molecule has 2 amide bonds. The van der Waals surface area contributed by atoms with Gasteiger partial charge in [-0.3, -0.25) is 19.0 Å². The smallest absolute Gasteiger partial charge is 0.328 e. The molecule has 1 unspecified atom stereocenters. The van der Waals surface area contributed by atoms with Gasteiger partial charge in [0.2, 0.25) is 0 Å². The summed E-state index contributed by atoms with van der Waals surface area (Å²) in [6, 6.07) is 0.519. The summed E-state index contributed by atoms with van der Waals surface area (Å²) in [4.78, 5) is 38.2. The Morgan fingerprint density at radius 1 is 1.32 bits per heavy atom. The largest absolute Gasteiger partial charge is 0.480 e. The predicted molar refractivity (Wildman–Crippen MR) is 97.2 cm³/mol. The molecule has 11 heteroatoms. The van der Waals surface area contributed by atoms with Gasteiger partial charge in [-0.2, -0.15) is 10.2 Å². The summed E-state index contributed by atoms with van der Waals surface area (Å²) in [5, 5.41) is 19.9. The van der Waals surface area contributed by atoms with Gasteiger partial charge >= 0.3 is 5.97 Å². The molecule has 0 bridgehead atoms. The number of carboxylic acids is 1. The van der Waals surface area contributed by atoms with Crippen LogP contribution in [-0.2, 0) is 16.1 Å². The summed E-state index contributed by atoms with van der Waals surface area (Å²) in [7, 11) is 0. The quantitative estimate of drug-likeness (QED) is 0.733. The van der Waals surface area contributed by atoms with Crippen LogP contribution >= 0.6 is 0 Å². The van der Waals surface area contributed by atoms with Crippen LogP contribution in [0.1, 0.15) is 40.9 Å². The fraction of sp³-hybridized carbons (Fsp3) is 0.471. The summed E-state index contributed by atoms with van der Waals surface area (Å²) in [5.74, 6) is -1.84. The maximum atomic E-state index is 12.9. The van der Waals surface area contributed by atoms with Crippen molar-refractivity contribution in [2.45, 2.75) is 26.4 Å². The van der Waals surface area contributed by atoms with Gasteiger partial charge in [0, 0.05) is 25.8 Å². The number of aliphatic carboxylic acids is 1. The Bertz CT molecular complexity index is 882. The van der Waals surface area contributed by atoms with Gasteiger partial charge in [-0.25, -0.2) is 4.79 Å². The molecule has 150 valence electrons. The number of amides is 2. The number of rotatable bonds is 6. The molecule has 1 fully saturated rings. The van der Waals surface area contributed by atoms with Gasteiger partial charge in [-0.1, -0.05) is 0 Å². The molecule has 1 saturated heterocycles. The molecule has 0 spiro atoms. The Labute approximate surface area is 160 Å². The zero-order valence-corrected chi connectivity index (χ0v) is 15.7. The number of carbonyl (C=O) groups is 3. The molecule has 0 saturated carbocycles. The number of nitrogens with zero attached hydrogens (tertiary/aromatic N) is 5. The van der Waals surface area contributed by atoms with Crippen molar-refractivity contribution in [2.75, 3.05) is 31.6 Å². The van der Waals surface area contributed by atoms with Crippen LogP contribution in [0.2, 0.25) is 0 Å². The second-order valence-corrected chi connectivity index (χ2v) is 6.28. The van der Waals surface area contributed by atoms with Crippen molar-refractivity contribution in [3.63, 3.8) is 0 Å². The van der Waals surface area contributed by atoms with Crippen molar-refractivity contribution < 1.29 is 24.2 Å². The van der Waals surface area contributed by atoms with E-state index in [-0.39, 0.29) is 23.0 Å². The number of aryl methyl sites for hydroxylation is 1. The SMILES string of the molecule is CCn1ncc(NC(=O)c2ccn(C(C)C(=O)O)n2)c1C(=O)N1CCOCC1. The third-order valence-electron chi connectivity index (χ3n) is 4.48. The van der Waals surface area contributed by atoms with E-state index < -0.39 is 17.9 Å². The fourth-order valence-electron chi connectivity index (χ4n) is 2.83. The molecule has 0 aromatic carbocycles. The van der Waals surface area contributed by atoms with Crippen LogP contribution in [0.15, 0.2) is 18.5 Å². The summed E-state index contributed by atoms with van der Waals surface area (Å²) >= 11 is 0. The molecule has 1 aliphatic heterocycles. The average molecular weight is 390 g/mol. The molecule has 2 aromatic heterocycles. The van der Waals surface area contributed by atoms with E-state index >= 15 is 0 Å². The van der Waals surface area contributed by atoms with Crippen LogP contribution in [0.25, 0.3) is 0 Å². The summed E-state index contributed by atoms with van der Waals surface area (Å²) in [6.45, 7) is 5.65. The average Bonchev–Trinajstić information content (AvgIpc) is 3.34. The van der Waals surface area contributed by atoms with Gasteiger partial charge in [0.1, 0.15) is 11.7 Å².